The summed E-state index contributed by atoms with van der Waals surface area (Å²) in [5.74, 6) is 0. The number of aryl methyl sites for hydroxylation is 1. The third-order valence-electron chi connectivity index (χ3n) is 2.55. The van der Waals surface area contributed by atoms with Crippen molar-refractivity contribution in [2.75, 3.05) is 0 Å². The van der Waals surface area contributed by atoms with Crippen LogP contribution in [0.4, 0.5) is 0 Å². The molecule has 0 amide bonds. The number of thiophene rings is 1. The number of nitrogens with two attached hydrogens (primary N) is 1. The lowest BCUT2D eigenvalue weighted by Gasteiger charge is -2.16. The van der Waals surface area contributed by atoms with Crippen LogP contribution in [0.3, 0.4) is 0 Å². The molecule has 0 bridgehead atoms. The highest BCUT2D eigenvalue weighted by atomic mass is 32.1. The largest absolute Gasteiger partial charge is 0.388 e. The van der Waals surface area contributed by atoms with Gasteiger partial charge in [-0.3, -0.25) is 0 Å². The summed E-state index contributed by atoms with van der Waals surface area (Å²) >= 11 is 1.76. The highest BCUT2D eigenvalue weighted by Gasteiger charge is 2.21. The second kappa shape index (κ2) is 3.40. The van der Waals surface area contributed by atoms with Crippen LogP contribution < -0.4 is 5.73 Å². The van der Waals surface area contributed by atoms with E-state index in [-0.39, 0.29) is 12.1 Å². The zero-order chi connectivity index (χ0) is 9.42. The van der Waals surface area contributed by atoms with E-state index in [1.54, 1.807) is 11.3 Å². The fourth-order valence-electron chi connectivity index (χ4n) is 1.78. The molecule has 3 heteroatoms. The molecule has 0 aliphatic heterocycles. The summed E-state index contributed by atoms with van der Waals surface area (Å²) in [6, 6.07) is 2.18. The third kappa shape index (κ3) is 1.64. The Bertz CT molecular complexity index is 306. The van der Waals surface area contributed by atoms with Crippen molar-refractivity contribution in [2.45, 2.75) is 38.3 Å². The number of rotatable bonds is 1. The highest BCUT2D eigenvalue weighted by molar-refractivity contribution is 7.12. The van der Waals surface area contributed by atoms with Crippen LogP contribution in [0.5, 0.6) is 0 Å². The summed E-state index contributed by atoms with van der Waals surface area (Å²) in [4.78, 5) is 2.54. The van der Waals surface area contributed by atoms with E-state index < -0.39 is 0 Å². The van der Waals surface area contributed by atoms with E-state index in [2.05, 4.69) is 6.07 Å². The summed E-state index contributed by atoms with van der Waals surface area (Å²) in [5.41, 5.74) is 6.93. The van der Waals surface area contributed by atoms with E-state index in [0.29, 0.717) is 0 Å². The van der Waals surface area contributed by atoms with Gasteiger partial charge in [-0.25, -0.2) is 0 Å². The lowest BCUT2D eigenvalue weighted by atomic mass is 9.96. The molecule has 1 aromatic rings. The first-order chi connectivity index (χ1) is 6.18. The molecule has 0 saturated carbocycles. The van der Waals surface area contributed by atoms with E-state index in [9.17, 15) is 5.11 Å². The SMILES string of the molecule is CC(N)c1cc2c(s1)CCCC2O. The molecular weight excluding hydrogens is 182 g/mol. The number of fused-ring (bicyclic) bond motifs is 1. The highest BCUT2D eigenvalue weighted by Crippen LogP contribution is 2.37. The molecule has 0 fully saturated rings. The first-order valence-electron chi connectivity index (χ1n) is 4.74. The van der Waals surface area contributed by atoms with E-state index in [0.717, 1.165) is 24.8 Å². The third-order valence-corrected chi connectivity index (χ3v) is 3.96. The molecule has 2 nitrogen and oxygen atoms in total. The van der Waals surface area contributed by atoms with Crippen molar-refractivity contribution < 1.29 is 5.11 Å². The van der Waals surface area contributed by atoms with Crippen LogP contribution in [0.25, 0.3) is 0 Å². The van der Waals surface area contributed by atoms with Gasteiger partial charge >= 0.3 is 0 Å². The summed E-state index contributed by atoms with van der Waals surface area (Å²) in [5, 5.41) is 9.72. The number of aliphatic hydroxyl groups is 1. The first kappa shape index (κ1) is 9.19. The van der Waals surface area contributed by atoms with Crippen molar-refractivity contribution >= 4 is 11.3 Å². The summed E-state index contributed by atoms with van der Waals surface area (Å²) in [6.45, 7) is 1.99. The standard InChI is InChI=1S/C10H15NOS/c1-6(11)10-5-7-8(12)3-2-4-9(7)13-10/h5-6,8,12H,2-4,11H2,1H3. The van der Waals surface area contributed by atoms with E-state index in [1.165, 1.54) is 9.75 Å². The van der Waals surface area contributed by atoms with Gasteiger partial charge in [-0.15, -0.1) is 11.3 Å². The average molecular weight is 197 g/mol. The Hall–Kier alpha value is -0.380. The molecule has 0 spiro atoms. The molecule has 2 atom stereocenters. The Morgan fingerprint density at radius 3 is 3.08 bits per heavy atom. The second-order valence-electron chi connectivity index (χ2n) is 3.72. The summed E-state index contributed by atoms with van der Waals surface area (Å²) in [7, 11) is 0. The number of hydrogen-bond acceptors (Lipinski definition) is 3. The molecule has 2 unspecified atom stereocenters. The molecule has 3 N–H and O–H groups in total. The zero-order valence-electron chi connectivity index (χ0n) is 7.79. The monoisotopic (exact) mass is 197 g/mol. The fraction of sp³-hybridized carbons (Fsp3) is 0.600. The van der Waals surface area contributed by atoms with Crippen molar-refractivity contribution in [3.05, 3.63) is 21.4 Å². The van der Waals surface area contributed by atoms with E-state index in [4.69, 9.17) is 5.73 Å². The Labute approximate surface area is 82.4 Å². The van der Waals surface area contributed by atoms with E-state index >= 15 is 0 Å². The fourth-order valence-corrected chi connectivity index (χ4v) is 2.99. The summed E-state index contributed by atoms with van der Waals surface area (Å²) in [6.07, 6.45) is 2.88. The van der Waals surface area contributed by atoms with Crippen molar-refractivity contribution in [3.8, 4) is 0 Å². The molecule has 1 aliphatic carbocycles. The van der Waals surface area contributed by atoms with Gasteiger partial charge < -0.3 is 10.8 Å². The maximum atomic E-state index is 9.72. The minimum Gasteiger partial charge on any atom is -0.388 e. The molecular formula is C10H15NOS. The first-order valence-corrected chi connectivity index (χ1v) is 5.56. The molecule has 72 valence electrons. The second-order valence-corrected chi connectivity index (χ2v) is 4.89. The van der Waals surface area contributed by atoms with Crippen LogP contribution in [0.15, 0.2) is 6.07 Å². The van der Waals surface area contributed by atoms with Gasteiger partial charge in [0.2, 0.25) is 0 Å². The Kier molecular flexibility index (Phi) is 2.41. The lowest BCUT2D eigenvalue weighted by molar-refractivity contribution is 0.157. The van der Waals surface area contributed by atoms with Crippen molar-refractivity contribution in [1.29, 1.82) is 0 Å². The predicted octanol–water partition coefficient (Wildman–Crippen LogP) is 2.14. The maximum absolute atomic E-state index is 9.72. The number of aliphatic hydroxyl groups excluding tert-OH is 1. The van der Waals surface area contributed by atoms with Gasteiger partial charge in [-0.05, 0) is 37.8 Å². The topological polar surface area (TPSA) is 46.2 Å². The van der Waals surface area contributed by atoms with Gasteiger partial charge in [-0.1, -0.05) is 0 Å². The van der Waals surface area contributed by atoms with Gasteiger partial charge in [0.1, 0.15) is 0 Å². The predicted molar refractivity (Wildman–Crippen MR) is 54.8 cm³/mol. The van der Waals surface area contributed by atoms with Crippen LogP contribution in [0, 0.1) is 0 Å². The lowest BCUT2D eigenvalue weighted by Crippen LogP contribution is -2.05. The molecule has 2 rings (SSSR count). The summed E-state index contributed by atoms with van der Waals surface area (Å²) < 4.78 is 0. The molecule has 0 radical (unpaired) electrons. The Morgan fingerprint density at radius 1 is 1.69 bits per heavy atom. The van der Waals surface area contributed by atoms with Gasteiger partial charge in [0.05, 0.1) is 6.10 Å². The maximum Gasteiger partial charge on any atom is 0.0801 e. The van der Waals surface area contributed by atoms with Gasteiger partial charge in [0, 0.05) is 15.8 Å². The number of hydrogen-bond donors (Lipinski definition) is 2. The molecule has 1 heterocycles. The molecule has 0 aromatic carbocycles. The van der Waals surface area contributed by atoms with Crippen molar-refractivity contribution in [3.63, 3.8) is 0 Å². The molecule has 13 heavy (non-hydrogen) atoms. The van der Waals surface area contributed by atoms with Crippen LogP contribution >= 0.6 is 11.3 Å². The molecule has 1 aromatic heterocycles. The van der Waals surface area contributed by atoms with Crippen LogP contribution in [-0.2, 0) is 6.42 Å². The Morgan fingerprint density at radius 2 is 2.46 bits per heavy atom. The smallest absolute Gasteiger partial charge is 0.0801 e. The minimum absolute atomic E-state index is 0.0998. The molecule has 1 aliphatic rings. The zero-order valence-corrected chi connectivity index (χ0v) is 8.60. The minimum atomic E-state index is -0.243. The van der Waals surface area contributed by atoms with Gasteiger partial charge in [-0.2, -0.15) is 0 Å². The van der Waals surface area contributed by atoms with Crippen LogP contribution in [-0.4, -0.2) is 5.11 Å². The quantitative estimate of drug-likeness (QED) is 0.724. The normalized spacial score (nSPS) is 24.1. The van der Waals surface area contributed by atoms with Crippen LogP contribution in [0.2, 0.25) is 0 Å². The van der Waals surface area contributed by atoms with Crippen molar-refractivity contribution in [2.24, 2.45) is 5.73 Å². The van der Waals surface area contributed by atoms with Gasteiger partial charge in [0.15, 0.2) is 0 Å². The van der Waals surface area contributed by atoms with E-state index in [1.807, 2.05) is 6.92 Å². The Balaban J connectivity index is 2.36. The average Bonchev–Trinajstić information content (AvgIpc) is 2.49. The molecule has 0 saturated heterocycles. The van der Waals surface area contributed by atoms with Crippen LogP contribution in [0.1, 0.15) is 47.2 Å². The van der Waals surface area contributed by atoms with Crippen molar-refractivity contribution in [1.82, 2.24) is 0 Å². The van der Waals surface area contributed by atoms with Gasteiger partial charge in [0.25, 0.3) is 0 Å².